The normalized spacial score (nSPS) is 13.1. The number of nitrogens with two attached hydrogens (primary N) is 1. The van der Waals surface area contributed by atoms with Crippen LogP contribution in [0.5, 0.6) is 0 Å². The maximum atomic E-state index is 12.3. The molecule has 0 spiro atoms. The van der Waals surface area contributed by atoms with Crippen molar-refractivity contribution in [2.75, 3.05) is 0 Å². The van der Waals surface area contributed by atoms with Gasteiger partial charge in [-0.05, 0) is 12.0 Å². The number of benzene rings is 1. The van der Waals surface area contributed by atoms with E-state index >= 15 is 0 Å². The molecule has 1 aromatic carbocycles. The molecule has 1 aromatic rings. The molecular formula is C12H17F2N. The summed E-state index contributed by atoms with van der Waals surface area (Å²) in [5.41, 5.74) is 6.91. The lowest BCUT2D eigenvalue weighted by Gasteiger charge is -2.11. The van der Waals surface area contributed by atoms with Crippen molar-refractivity contribution in [1.29, 1.82) is 0 Å². The number of rotatable bonds is 5. The molecule has 0 aromatic heterocycles. The quantitative estimate of drug-likeness (QED) is 0.790. The Balaban J connectivity index is 2.62. The van der Waals surface area contributed by atoms with Gasteiger partial charge in [0, 0.05) is 11.6 Å². The summed E-state index contributed by atoms with van der Waals surface area (Å²) in [6.07, 6.45) is 0.677. The minimum Gasteiger partial charge on any atom is -0.324 e. The van der Waals surface area contributed by atoms with E-state index in [9.17, 15) is 8.78 Å². The number of hydrogen-bond donors (Lipinski definition) is 1. The second-order valence-electron chi connectivity index (χ2n) is 3.72. The summed E-state index contributed by atoms with van der Waals surface area (Å²) in [6.45, 7) is 2.10. The van der Waals surface area contributed by atoms with E-state index in [1.165, 1.54) is 12.1 Å². The highest BCUT2D eigenvalue weighted by Crippen LogP contribution is 2.22. The molecule has 0 fully saturated rings. The predicted octanol–water partition coefficient (Wildman–Crippen LogP) is 3.81. The maximum absolute atomic E-state index is 12.3. The van der Waals surface area contributed by atoms with Crippen molar-refractivity contribution in [2.24, 2.45) is 5.73 Å². The van der Waals surface area contributed by atoms with Crippen molar-refractivity contribution in [1.82, 2.24) is 0 Å². The van der Waals surface area contributed by atoms with Crippen molar-refractivity contribution in [2.45, 2.75) is 38.7 Å². The van der Waals surface area contributed by atoms with Gasteiger partial charge in [-0.25, -0.2) is 8.78 Å². The van der Waals surface area contributed by atoms with Crippen LogP contribution < -0.4 is 5.73 Å². The summed E-state index contributed by atoms with van der Waals surface area (Å²) >= 11 is 0. The van der Waals surface area contributed by atoms with E-state index in [1.807, 2.05) is 0 Å². The molecule has 1 atom stereocenters. The van der Waals surface area contributed by atoms with Gasteiger partial charge in [0.15, 0.2) is 0 Å². The van der Waals surface area contributed by atoms with Gasteiger partial charge in [0.1, 0.15) is 0 Å². The summed E-state index contributed by atoms with van der Waals surface area (Å²) in [6, 6.07) is 6.26. The largest absolute Gasteiger partial charge is 0.324 e. The molecule has 2 N–H and O–H groups in total. The molecule has 0 aliphatic heterocycles. The zero-order valence-electron chi connectivity index (χ0n) is 8.92. The van der Waals surface area contributed by atoms with E-state index in [-0.39, 0.29) is 11.6 Å². The summed E-state index contributed by atoms with van der Waals surface area (Å²) in [5, 5.41) is 0. The Kier molecular flexibility index (Phi) is 4.69. The lowest BCUT2D eigenvalue weighted by molar-refractivity contribution is 0.151. The van der Waals surface area contributed by atoms with Gasteiger partial charge in [-0.15, -0.1) is 0 Å². The van der Waals surface area contributed by atoms with E-state index in [1.54, 1.807) is 12.1 Å². The predicted molar refractivity (Wildman–Crippen MR) is 57.9 cm³/mol. The molecule has 0 amide bonds. The Labute approximate surface area is 89.3 Å². The number of alkyl halides is 2. The van der Waals surface area contributed by atoms with Crippen molar-refractivity contribution in [3.63, 3.8) is 0 Å². The third-order valence-corrected chi connectivity index (χ3v) is 2.49. The van der Waals surface area contributed by atoms with E-state index < -0.39 is 6.43 Å². The SMILES string of the molecule is CCCC[C@H](N)c1ccc(C(F)F)cc1. The molecule has 0 aliphatic carbocycles. The van der Waals surface area contributed by atoms with Gasteiger partial charge in [-0.2, -0.15) is 0 Å². The van der Waals surface area contributed by atoms with Gasteiger partial charge in [-0.3, -0.25) is 0 Å². The second-order valence-corrected chi connectivity index (χ2v) is 3.72. The third kappa shape index (κ3) is 3.59. The molecule has 3 heteroatoms. The Morgan fingerprint density at radius 3 is 2.13 bits per heavy atom. The van der Waals surface area contributed by atoms with Crippen molar-refractivity contribution >= 4 is 0 Å². The summed E-state index contributed by atoms with van der Waals surface area (Å²) in [4.78, 5) is 0. The Morgan fingerprint density at radius 1 is 1.13 bits per heavy atom. The first-order chi connectivity index (χ1) is 7.15. The standard InChI is InChI=1S/C12H17F2N/c1-2-3-4-11(15)9-5-7-10(8-6-9)12(13)14/h5-8,11-12H,2-4,15H2,1H3/t11-/m0/s1. The van der Waals surface area contributed by atoms with Crippen molar-refractivity contribution < 1.29 is 8.78 Å². The Bertz CT molecular complexity index is 282. The highest BCUT2D eigenvalue weighted by Gasteiger charge is 2.08. The van der Waals surface area contributed by atoms with Crippen LogP contribution >= 0.6 is 0 Å². The lowest BCUT2D eigenvalue weighted by Crippen LogP contribution is -2.09. The van der Waals surface area contributed by atoms with Gasteiger partial charge in [-0.1, -0.05) is 44.0 Å². The minimum absolute atomic E-state index is 0.0309. The summed E-state index contributed by atoms with van der Waals surface area (Å²) in [5.74, 6) is 0. The number of halogens is 2. The fraction of sp³-hybridized carbons (Fsp3) is 0.500. The number of hydrogen-bond acceptors (Lipinski definition) is 1. The molecule has 0 unspecified atom stereocenters. The van der Waals surface area contributed by atoms with Gasteiger partial charge < -0.3 is 5.73 Å². The highest BCUT2D eigenvalue weighted by atomic mass is 19.3. The van der Waals surface area contributed by atoms with E-state index in [0.717, 1.165) is 24.8 Å². The Hall–Kier alpha value is -0.960. The highest BCUT2D eigenvalue weighted by molar-refractivity contribution is 5.25. The van der Waals surface area contributed by atoms with Crippen LogP contribution in [-0.2, 0) is 0 Å². The van der Waals surface area contributed by atoms with Crippen LogP contribution in [0.3, 0.4) is 0 Å². The van der Waals surface area contributed by atoms with Crippen LogP contribution in [-0.4, -0.2) is 0 Å². The molecule has 0 heterocycles. The molecule has 0 radical (unpaired) electrons. The summed E-state index contributed by atoms with van der Waals surface area (Å²) in [7, 11) is 0. The number of unbranched alkanes of at least 4 members (excludes halogenated alkanes) is 1. The molecule has 1 rings (SSSR count). The lowest BCUT2D eigenvalue weighted by atomic mass is 10.0. The van der Waals surface area contributed by atoms with Crippen LogP contribution in [0.4, 0.5) is 8.78 Å². The van der Waals surface area contributed by atoms with E-state index in [2.05, 4.69) is 6.92 Å². The van der Waals surface area contributed by atoms with Crippen LogP contribution in [0.25, 0.3) is 0 Å². The average molecular weight is 213 g/mol. The molecule has 15 heavy (non-hydrogen) atoms. The monoisotopic (exact) mass is 213 g/mol. The van der Waals surface area contributed by atoms with Crippen LogP contribution in [0.15, 0.2) is 24.3 Å². The molecule has 1 nitrogen and oxygen atoms in total. The van der Waals surface area contributed by atoms with Gasteiger partial charge >= 0.3 is 0 Å². The first-order valence-corrected chi connectivity index (χ1v) is 5.28. The fourth-order valence-corrected chi connectivity index (χ4v) is 1.48. The van der Waals surface area contributed by atoms with Crippen LogP contribution in [0.2, 0.25) is 0 Å². The molecule has 0 saturated heterocycles. The first-order valence-electron chi connectivity index (χ1n) is 5.28. The first kappa shape index (κ1) is 12.1. The smallest absolute Gasteiger partial charge is 0.263 e. The molecular weight excluding hydrogens is 196 g/mol. The van der Waals surface area contributed by atoms with Gasteiger partial charge in [0.05, 0.1) is 0 Å². The molecule has 0 aliphatic rings. The fourth-order valence-electron chi connectivity index (χ4n) is 1.48. The maximum Gasteiger partial charge on any atom is 0.263 e. The topological polar surface area (TPSA) is 26.0 Å². The Morgan fingerprint density at radius 2 is 1.67 bits per heavy atom. The van der Waals surface area contributed by atoms with Gasteiger partial charge in [0.25, 0.3) is 6.43 Å². The van der Waals surface area contributed by atoms with Crippen LogP contribution in [0, 0.1) is 0 Å². The molecule has 0 bridgehead atoms. The van der Waals surface area contributed by atoms with E-state index in [4.69, 9.17) is 5.73 Å². The molecule has 84 valence electrons. The van der Waals surface area contributed by atoms with Crippen LogP contribution in [0.1, 0.15) is 49.8 Å². The molecule has 0 saturated carbocycles. The van der Waals surface area contributed by atoms with Crippen molar-refractivity contribution in [3.05, 3.63) is 35.4 Å². The second kappa shape index (κ2) is 5.81. The average Bonchev–Trinajstić information content (AvgIpc) is 2.26. The van der Waals surface area contributed by atoms with E-state index in [0.29, 0.717) is 0 Å². The summed E-state index contributed by atoms with van der Waals surface area (Å²) < 4.78 is 24.5. The minimum atomic E-state index is -2.40. The zero-order chi connectivity index (χ0) is 11.3. The van der Waals surface area contributed by atoms with Crippen molar-refractivity contribution in [3.8, 4) is 0 Å². The zero-order valence-corrected chi connectivity index (χ0v) is 8.92. The van der Waals surface area contributed by atoms with Gasteiger partial charge in [0.2, 0.25) is 0 Å². The third-order valence-electron chi connectivity index (χ3n) is 2.49.